The van der Waals surface area contributed by atoms with Gasteiger partial charge in [-0.25, -0.2) is 8.42 Å². The lowest BCUT2D eigenvalue weighted by Crippen LogP contribution is -2.46. The van der Waals surface area contributed by atoms with Gasteiger partial charge in [-0.15, -0.1) is 0 Å². The van der Waals surface area contributed by atoms with Crippen LogP contribution in [0.3, 0.4) is 0 Å². The van der Waals surface area contributed by atoms with Gasteiger partial charge in [0.15, 0.2) is 0 Å². The number of rotatable bonds is 6. The van der Waals surface area contributed by atoms with Gasteiger partial charge in [0.2, 0.25) is 15.9 Å². The minimum Gasteiger partial charge on any atom is -0.326 e. The number of anilines is 1. The zero-order valence-corrected chi connectivity index (χ0v) is 17.3. The van der Waals surface area contributed by atoms with Gasteiger partial charge in [-0.2, -0.15) is 4.31 Å². The van der Waals surface area contributed by atoms with Crippen molar-refractivity contribution >= 4 is 33.2 Å². The second kappa shape index (κ2) is 9.05. The SMILES string of the molecule is CN1CCN(S(=O)(=O)c2ccc(NC(=O)CCc3ccc(Cl)cc3)cc2)CC1. The number of nitrogens with one attached hydrogen (secondary N) is 1. The molecule has 0 bridgehead atoms. The average molecular weight is 422 g/mol. The lowest BCUT2D eigenvalue weighted by atomic mass is 10.1. The van der Waals surface area contributed by atoms with E-state index in [2.05, 4.69) is 10.2 Å². The molecular weight excluding hydrogens is 398 g/mol. The number of piperazine rings is 1. The zero-order chi connectivity index (χ0) is 20.1. The highest BCUT2D eigenvalue weighted by atomic mass is 35.5. The summed E-state index contributed by atoms with van der Waals surface area (Å²) in [6.45, 7) is 2.42. The fourth-order valence-corrected chi connectivity index (χ4v) is 4.57. The molecule has 3 rings (SSSR count). The number of nitrogens with zero attached hydrogens (tertiary/aromatic N) is 2. The summed E-state index contributed by atoms with van der Waals surface area (Å²) in [6.07, 6.45) is 0.946. The summed E-state index contributed by atoms with van der Waals surface area (Å²) in [5, 5.41) is 3.47. The summed E-state index contributed by atoms with van der Waals surface area (Å²) in [6, 6.07) is 13.7. The molecule has 28 heavy (non-hydrogen) atoms. The molecule has 0 aliphatic carbocycles. The van der Waals surface area contributed by atoms with Crippen LogP contribution in [0.5, 0.6) is 0 Å². The van der Waals surface area contributed by atoms with Crippen LogP contribution in [-0.2, 0) is 21.2 Å². The third kappa shape index (κ3) is 5.32. The Morgan fingerprint density at radius 1 is 1.00 bits per heavy atom. The molecule has 1 heterocycles. The van der Waals surface area contributed by atoms with Crippen molar-refractivity contribution in [1.82, 2.24) is 9.21 Å². The van der Waals surface area contributed by atoms with Crippen molar-refractivity contribution in [1.29, 1.82) is 0 Å². The Bertz CT molecular complexity index is 907. The zero-order valence-electron chi connectivity index (χ0n) is 15.8. The summed E-state index contributed by atoms with van der Waals surface area (Å²) in [7, 11) is -1.52. The molecule has 2 aromatic carbocycles. The first-order chi connectivity index (χ1) is 13.3. The topological polar surface area (TPSA) is 69.7 Å². The highest BCUT2D eigenvalue weighted by Crippen LogP contribution is 2.20. The molecule has 1 aliphatic heterocycles. The van der Waals surface area contributed by atoms with Gasteiger partial charge in [0.05, 0.1) is 4.90 Å². The summed E-state index contributed by atoms with van der Waals surface area (Å²) >= 11 is 5.86. The third-order valence-electron chi connectivity index (χ3n) is 4.79. The van der Waals surface area contributed by atoms with Gasteiger partial charge in [0.1, 0.15) is 0 Å². The molecule has 0 unspecified atom stereocenters. The van der Waals surface area contributed by atoms with Gasteiger partial charge in [-0.3, -0.25) is 4.79 Å². The van der Waals surface area contributed by atoms with Crippen LogP contribution in [0.4, 0.5) is 5.69 Å². The van der Waals surface area contributed by atoms with E-state index in [1.807, 2.05) is 19.2 Å². The number of aryl methyl sites for hydroxylation is 1. The van der Waals surface area contributed by atoms with Crippen LogP contribution in [0.2, 0.25) is 5.02 Å². The molecule has 1 N–H and O–H groups in total. The molecular formula is C20H24ClN3O3S. The molecule has 150 valence electrons. The summed E-state index contributed by atoms with van der Waals surface area (Å²) in [5.74, 6) is -0.121. The van der Waals surface area contributed by atoms with E-state index < -0.39 is 10.0 Å². The molecule has 1 amide bonds. The van der Waals surface area contributed by atoms with E-state index >= 15 is 0 Å². The summed E-state index contributed by atoms with van der Waals surface area (Å²) < 4.78 is 26.9. The van der Waals surface area contributed by atoms with E-state index in [0.29, 0.717) is 36.6 Å². The highest BCUT2D eigenvalue weighted by molar-refractivity contribution is 7.89. The largest absolute Gasteiger partial charge is 0.326 e. The van der Waals surface area contributed by atoms with E-state index in [1.54, 1.807) is 36.4 Å². The quantitative estimate of drug-likeness (QED) is 0.778. The highest BCUT2D eigenvalue weighted by Gasteiger charge is 2.27. The van der Waals surface area contributed by atoms with Gasteiger partial charge in [0, 0.05) is 43.3 Å². The molecule has 0 spiro atoms. The number of benzene rings is 2. The van der Waals surface area contributed by atoms with Gasteiger partial charge in [-0.05, 0) is 55.4 Å². The molecule has 1 aliphatic rings. The Morgan fingerprint density at radius 2 is 1.61 bits per heavy atom. The molecule has 8 heteroatoms. The van der Waals surface area contributed by atoms with E-state index in [4.69, 9.17) is 11.6 Å². The minimum absolute atomic E-state index is 0.121. The molecule has 2 aromatic rings. The third-order valence-corrected chi connectivity index (χ3v) is 6.96. The van der Waals surface area contributed by atoms with Gasteiger partial charge < -0.3 is 10.2 Å². The maximum absolute atomic E-state index is 12.7. The van der Waals surface area contributed by atoms with E-state index in [9.17, 15) is 13.2 Å². The van der Waals surface area contributed by atoms with Crippen LogP contribution < -0.4 is 5.32 Å². The van der Waals surface area contributed by atoms with Crippen LogP contribution >= 0.6 is 11.6 Å². The number of carbonyl (C=O) groups is 1. The first-order valence-corrected chi connectivity index (χ1v) is 11.0. The predicted molar refractivity (Wildman–Crippen MR) is 111 cm³/mol. The normalized spacial score (nSPS) is 16.1. The molecule has 0 aromatic heterocycles. The van der Waals surface area contributed by atoms with Crippen molar-refractivity contribution in [2.24, 2.45) is 0 Å². The fraction of sp³-hybridized carbons (Fsp3) is 0.350. The van der Waals surface area contributed by atoms with E-state index in [0.717, 1.165) is 18.7 Å². The lowest BCUT2D eigenvalue weighted by molar-refractivity contribution is -0.116. The number of halogens is 1. The number of carbonyl (C=O) groups excluding carboxylic acids is 1. The smallest absolute Gasteiger partial charge is 0.243 e. The van der Waals surface area contributed by atoms with Crippen molar-refractivity contribution in [2.75, 3.05) is 38.5 Å². The molecule has 0 saturated carbocycles. The molecule has 0 atom stereocenters. The molecule has 1 saturated heterocycles. The average Bonchev–Trinajstić information content (AvgIpc) is 2.68. The predicted octanol–water partition coefficient (Wildman–Crippen LogP) is 2.85. The second-order valence-electron chi connectivity index (χ2n) is 6.91. The van der Waals surface area contributed by atoms with Gasteiger partial charge >= 0.3 is 0 Å². The Labute approximate surface area is 171 Å². The Balaban J connectivity index is 1.56. The van der Waals surface area contributed by atoms with Crippen molar-refractivity contribution in [2.45, 2.75) is 17.7 Å². The Kier molecular flexibility index (Phi) is 6.72. The molecule has 6 nitrogen and oxygen atoms in total. The van der Waals surface area contributed by atoms with E-state index in [1.165, 1.54) is 4.31 Å². The van der Waals surface area contributed by atoms with Gasteiger partial charge in [-0.1, -0.05) is 23.7 Å². The lowest BCUT2D eigenvalue weighted by Gasteiger charge is -2.31. The van der Waals surface area contributed by atoms with Gasteiger partial charge in [0.25, 0.3) is 0 Å². The number of hydrogen-bond acceptors (Lipinski definition) is 4. The van der Waals surface area contributed by atoms with E-state index in [-0.39, 0.29) is 10.8 Å². The monoisotopic (exact) mass is 421 g/mol. The van der Waals surface area contributed by atoms with Crippen molar-refractivity contribution in [3.8, 4) is 0 Å². The van der Waals surface area contributed by atoms with Crippen LogP contribution in [-0.4, -0.2) is 56.8 Å². The van der Waals surface area contributed by atoms with Crippen molar-refractivity contribution in [3.05, 3.63) is 59.1 Å². The molecule has 1 fully saturated rings. The number of sulfonamides is 1. The maximum Gasteiger partial charge on any atom is 0.243 e. The summed E-state index contributed by atoms with van der Waals surface area (Å²) in [5.41, 5.74) is 1.62. The molecule has 0 radical (unpaired) electrons. The number of amides is 1. The van der Waals surface area contributed by atoms with Crippen LogP contribution in [0.15, 0.2) is 53.4 Å². The number of hydrogen-bond donors (Lipinski definition) is 1. The summed E-state index contributed by atoms with van der Waals surface area (Å²) in [4.78, 5) is 14.5. The van der Waals surface area contributed by atoms with Crippen molar-refractivity contribution < 1.29 is 13.2 Å². The fourth-order valence-electron chi connectivity index (χ4n) is 3.02. The first-order valence-electron chi connectivity index (χ1n) is 9.18. The second-order valence-corrected chi connectivity index (χ2v) is 9.28. The standard InChI is InChI=1S/C20H24ClN3O3S/c1-23-12-14-24(15-13-23)28(26,27)19-9-7-18(8-10-19)22-20(25)11-4-16-2-5-17(21)6-3-16/h2-3,5-10H,4,11-15H2,1H3,(H,22,25). The van der Waals surface area contributed by atoms with Crippen molar-refractivity contribution in [3.63, 3.8) is 0 Å². The minimum atomic E-state index is -3.50. The van der Waals surface area contributed by atoms with Crippen LogP contribution in [0, 0.1) is 0 Å². The first kappa shape index (κ1) is 20.8. The maximum atomic E-state index is 12.7. The Morgan fingerprint density at radius 3 is 2.21 bits per heavy atom. The van der Waals surface area contributed by atoms with Crippen LogP contribution in [0.25, 0.3) is 0 Å². The Hall–Kier alpha value is -1.93. The van der Waals surface area contributed by atoms with Crippen LogP contribution in [0.1, 0.15) is 12.0 Å². The number of likely N-dealkylation sites (N-methyl/N-ethyl adjacent to an activating group) is 1.